The van der Waals surface area contributed by atoms with E-state index in [9.17, 15) is 0 Å². The van der Waals surface area contributed by atoms with Crippen molar-refractivity contribution in [3.8, 4) is 0 Å². The van der Waals surface area contributed by atoms with E-state index in [2.05, 4.69) is 29.9 Å². The number of anilines is 1. The lowest BCUT2D eigenvalue weighted by Crippen LogP contribution is -2.04. The minimum absolute atomic E-state index is 0.579. The Morgan fingerprint density at radius 2 is 2.28 bits per heavy atom. The summed E-state index contributed by atoms with van der Waals surface area (Å²) in [4.78, 5) is 9.34. The lowest BCUT2D eigenvalue weighted by atomic mass is 10.3. The highest BCUT2D eigenvalue weighted by atomic mass is 32.1. The van der Waals surface area contributed by atoms with Crippen molar-refractivity contribution in [1.82, 2.24) is 24.5 Å². The molecule has 0 bridgehead atoms. The maximum atomic E-state index is 4.28. The second-order valence-corrected chi connectivity index (χ2v) is 4.49. The lowest BCUT2D eigenvalue weighted by molar-refractivity contribution is 0.921. The summed E-state index contributed by atoms with van der Waals surface area (Å²) in [5.74, 6) is 0.789. The van der Waals surface area contributed by atoms with E-state index in [-0.39, 0.29) is 0 Å². The molecule has 0 saturated carbocycles. The molecule has 0 aromatic carbocycles. The van der Waals surface area contributed by atoms with Crippen LogP contribution in [-0.4, -0.2) is 24.5 Å². The third-order valence-corrected chi connectivity index (χ3v) is 3.36. The molecule has 0 aliphatic rings. The fourth-order valence-electron chi connectivity index (χ4n) is 1.66. The van der Waals surface area contributed by atoms with Crippen LogP contribution in [0.5, 0.6) is 0 Å². The number of nitrogens with zero attached hydrogens (tertiary/aromatic N) is 5. The number of hydrogen-bond donors (Lipinski definition) is 1. The van der Waals surface area contributed by atoms with E-state index in [4.69, 9.17) is 0 Å². The molecule has 0 fully saturated rings. The fourth-order valence-corrected chi connectivity index (χ4v) is 2.40. The summed E-state index contributed by atoms with van der Waals surface area (Å²) in [6.07, 6.45) is 3.19. The molecule has 0 spiro atoms. The van der Waals surface area contributed by atoms with Crippen molar-refractivity contribution in [3.63, 3.8) is 0 Å². The van der Waals surface area contributed by atoms with Crippen molar-refractivity contribution in [2.45, 2.75) is 13.5 Å². The fraction of sp³-hybridized carbons (Fsp3) is 0.182. The molecule has 1 N–H and O–H groups in total. The van der Waals surface area contributed by atoms with Crippen LogP contribution < -0.4 is 5.32 Å². The predicted molar refractivity (Wildman–Crippen MR) is 69.3 cm³/mol. The summed E-state index contributed by atoms with van der Waals surface area (Å²) >= 11 is 1.38. The highest BCUT2D eigenvalue weighted by Crippen LogP contribution is 2.25. The third kappa shape index (κ3) is 2.00. The molecular weight excluding hydrogens is 248 g/mol. The Labute approximate surface area is 107 Å². The number of rotatable bonds is 3. The first-order valence-corrected chi connectivity index (χ1v) is 6.19. The van der Waals surface area contributed by atoms with Crippen molar-refractivity contribution in [1.29, 1.82) is 0 Å². The van der Waals surface area contributed by atoms with Crippen LogP contribution in [0, 0.1) is 6.92 Å². The number of hydrogen-bond acceptors (Lipinski definition) is 7. The molecule has 3 aromatic heterocycles. The van der Waals surface area contributed by atoms with Crippen LogP contribution in [0.3, 0.4) is 0 Å². The Balaban J connectivity index is 1.89. The topological polar surface area (TPSA) is 76.5 Å². The molecule has 18 heavy (non-hydrogen) atoms. The van der Waals surface area contributed by atoms with Gasteiger partial charge in [-0.25, -0.2) is 9.97 Å². The van der Waals surface area contributed by atoms with Gasteiger partial charge in [0.2, 0.25) is 0 Å². The predicted octanol–water partition coefficient (Wildman–Crippen LogP) is 1.80. The monoisotopic (exact) mass is 258 g/mol. The molecule has 0 aliphatic heterocycles. The standard InChI is InChI=1S/C11H10N6S/c1-7-9-10(13-6-14-11(9)18-17-7)12-5-8-3-2-4-15-16-8/h2-4,6H,5H2,1H3,(H,12,13,14). The number of fused-ring (bicyclic) bond motifs is 1. The van der Waals surface area contributed by atoms with Gasteiger partial charge in [-0.2, -0.15) is 14.6 Å². The SMILES string of the molecule is Cc1nsc2ncnc(NCc3cccnn3)c12. The Hall–Kier alpha value is -2.15. The minimum atomic E-state index is 0.579. The van der Waals surface area contributed by atoms with Gasteiger partial charge in [0, 0.05) is 6.20 Å². The first-order valence-electron chi connectivity index (χ1n) is 5.42. The van der Waals surface area contributed by atoms with Crippen molar-refractivity contribution in [2.75, 3.05) is 5.32 Å². The van der Waals surface area contributed by atoms with Crippen LogP contribution in [0.15, 0.2) is 24.7 Å². The lowest BCUT2D eigenvalue weighted by Gasteiger charge is -2.05. The van der Waals surface area contributed by atoms with Gasteiger partial charge in [0.15, 0.2) is 0 Å². The summed E-state index contributed by atoms with van der Waals surface area (Å²) in [7, 11) is 0. The molecule has 0 aliphatic carbocycles. The van der Waals surface area contributed by atoms with Crippen LogP contribution in [0.4, 0.5) is 5.82 Å². The van der Waals surface area contributed by atoms with Crippen LogP contribution in [0.25, 0.3) is 10.2 Å². The van der Waals surface area contributed by atoms with E-state index in [1.807, 2.05) is 19.1 Å². The second kappa shape index (κ2) is 4.61. The van der Waals surface area contributed by atoms with Gasteiger partial charge >= 0.3 is 0 Å². The number of aromatic nitrogens is 5. The largest absolute Gasteiger partial charge is 0.364 e. The van der Waals surface area contributed by atoms with Crippen molar-refractivity contribution in [2.24, 2.45) is 0 Å². The summed E-state index contributed by atoms with van der Waals surface area (Å²) in [6, 6.07) is 3.77. The zero-order chi connectivity index (χ0) is 12.4. The van der Waals surface area contributed by atoms with Crippen molar-refractivity contribution < 1.29 is 0 Å². The summed E-state index contributed by atoms with van der Waals surface area (Å²) < 4.78 is 4.28. The molecule has 0 unspecified atom stereocenters. The Kier molecular flexibility index (Phi) is 2.81. The van der Waals surface area contributed by atoms with Gasteiger partial charge in [-0.15, -0.1) is 0 Å². The number of nitrogens with one attached hydrogen (secondary N) is 1. The average molecular weight is 258 g/mol. The van der Waals surface area contributed by atoms with E-state index < -0.39 is 0 Å². The zero-order valence-corrected chi connectivity index (χ0v) is 10.5. The maximum absolute atomic E-state index is 4.28. The van der Waals surface area contributed by atoms with Gasteiger partial charge in [0.05, 0.1) is 23.3 Å². The van der Waals surface area contributed by atoms with Gasteiger partial charge in [0.1, 0.15) is 17.0 Å². The molecule has 6 nitrogen and oxygen atoms in total. The van der Waals surface area contributed by atoms with E-state index in [1.165, 1.54) is 11.5 Å². The Morgan fingerprint density at radius 3 is 3.11 bits per heavy atom. The molecule has 0 radical (unpaired) electrons. The average Bonchev–Trinajstić information content (AvgIpc) is 2.80. The maximum Gasteiger partial charge on any atom is 0.149 e. The molecule has 0 atom stereocenters. The van der Waals surface area contributed by atoms with Crippen LogP contribution >= 0.6 is 11.5 Å². The molecule has 3 aromatic rings. The minimum Gasteiger partial charge on any atom is -0.364 e. The molecule has 0 saturated heterocycles. The third-order valence-electron chi connectivity index (χ3n) is 2.51. The van der Waals surface area contributed by atoms with Gasteiger partial charge in [-0.1, -0.05) is 0 Å². The molecular formula is C11H10N6S. The first kappa shape index (κ1) is 11.0. The highest BCUT2D eigenvalue weighted by molar-refractivity contribution is 7.13. The quantitative estimate of drug-likeness (QED) is 0.772. The molecule has 0 amide bonds. The molecule has 90 valence electrons. The second-order valence-electron chi connectivity index (χ2n) is 3.74. The van der Waals surface area contributed by atoms with Crippen LogP contribution in [0.1, 0.15) is 11.4 Å². The zero-order valence-electron chi connectivity index (χ0n) is 9.66. The van der Waals surface area contributed by atoms with Gasteiger partial charge in [-0.3, -0.25) is 0 Å². The first-order chi connectivity index (χ1) is 8.84. The van der Waals surface area contributed by atoms with Gasteiger partial charge < -0.3 is 5.32 Å². The Morgan fingerprint density at radius 1 is 1.33 bits per heavy atom. The Bertz CT molecular complexity index is 666. The van der Waals surface area contributed by atoms with Gasteiger partial charge in [0.25, 0.3) is 0 Å². The van der Waals surface area contributed by atoms with E-state index >= 15 is 0 Å². The molecule has 3 rings (SSSR count). The number of aryl methyl sites for hydroxylation is 1. The highest BCUT2D eigenvalue weighted by Gasteiger charge is 2.09. The summed E-state index contributed by atoms with van der Waals surface area (Å²) in [5, 5.41) is 12.1. The van der Waals surface area contributed by atoms with E-state index in [0.717, 1.165) is 27.4 Å². The van der Waals surface area contributed by atoms with Crippen molar-refractivity contribution in [3.05, 3.63) is 36.0 Å². The van der Waals surface area contributed by atoms with E-state index in [0.29, 0.717) is 6.54 Å². The molecule has 7 heteroatoms. The normalized spacial score (nSPS) is 10.7. The van der Waals surface area contributed by atoms with Crippen molar-refractivity contribution >= 4 is 27.6 Å². The van der Waals surface area contributed by atoms with Crippen LogP contribution in [-0.2, 0) is 6.54 Å². The smallest absolute Gasteiger partial charge is 0.149 e. The van der Waals surface area contributed by atoms with Gasteiger partial charge in [-0.05, 0) is 30.6 Å². The van der Waals surface area contributed by atoms with E-state index in [1.54, 1.807) is 12.5 Å². The molecule has 3 heterocycles. The summed E-state index contributed by atoms with van der Waals surface area (Å²) in [6.45, 7) is 2.53. The summed E-state index contributed by atoms with van der Waals surface area (Å²) in [5.41, 5.74) is 1.81. The van der Waals surface area contributed by atoms with Crippen LogP contribution in [0.2, 0.25) is 0 Å².